The van der Waals surface area contributed by atoms with Gasteiger partial charge in [0, 0.05) is 18.5 Å². The number of nitrogens with one attached hydrogen (secondary N) is 1. The lowest BCUT2D eigenvalue weighted by Crippen LogP contribution is -2.38. The third-order valence-corrected chi connectivity index (χ3v) is 4.26. The van der Waals surface area contributed by atoms with Gasteiger partial charge in [-0.25, -0.2) is 0 Å². The molecule has 2 nitrogen and oxygen atoms in total. The summed E-state index contributed by atoms with van der Waals surface area (Å²) < 4.78 is 5.84. The molecule has 1 N–H and O–H groups in total. The largest absolute Gasteiger partial charge is 0.493 e. The third-order valence-electron chi connectivity index (χ3n) is 4.26. The molecule has 0 spiro atoms. The van der Waals surface area contributed by atoms with Gasteiger partial charge in [-0.1, -0.05) is 37.5 Å². The van der Waals surface area contributed by atoms with Crippen LogP contribution in [0.1, 0.15) is 37.7 Å². The topological polar surface area (TPSA) is 21.3 Å². The fraction of sp³-hybridized carbons (Fsp3) is 0.625. The molecule has 2 aliphatic rings. The summed E-state index contributed by atoms with van der Waals surface area (Å²) in [5.74, 6) is 1.73. The second kappa shape index (κ2) is 5.75. The van der Waals surface area contributed by atoms with Gasteiger partial charge >= 0.3 is 0 Å². The molecule has 1 aromatic carbocycles. The Labute approximate surface area is 110 Å². The zero-order chi connectivity index (χ0) is 12.2. The molecule has 1 heterocycles. The van der Waals surface area contributed by atoms with E-state index in [0.717, 1.165) is 31.4 Å². The van der Waals surface area contributed by atoms with Crippen LogP contribution in [0.4, 0.5) is 0 Å². The van der Waals surface area contributed by atoms with E-state index in [9.17, 15) is 0 Å². The van der Waals surface area contributed by atoms with Crippen molar-refractivity contribution >= 4 is 0 Å². The van der Waals surface area contributed by atoms with Gasteiger partial charge in [0.25, 0.3) is 0 Å². The second-order valence-electron chi connectivity index (χ2n) is 5.73. The predicted molar refractivity (Wildman–Crippen MR) is 74.0 cm³/mol. The van der Waals surface area contributed by atoms with E-state index in [0.29, 0.717) is 5.92 Å². The molecule has 1 aliphatic heterocycles. The molecule has 1 fully saturated rings. The van der Waals surface area contributed by atoms with E-state index in [1.165, 1.54) is 37.7 Å². The summed E-state index contributed by atoms with van der Waals surface area (Å²) >= 11 is 0. The molecule has 2 heteroatoms. The van der Waals surface area contributed by atoms with Crippen LogP contribution in [-0.2, 0) is 6.42 Å². The van der Waals surface area contributed by atoms with E-state index in [-0.39, 0.29) is 0 Å². The average molecular weight is 245 g/mol. The fourth-order valence-electron chi connectivity index (χ4n) is 3.16. The van der Waals surface area contributed by atoms with Crippen LogP contribution in [0, 0.1) is 5.92 Å². The Morgan fingerprint density at radius 3 is 2.83 bits per heavy atom. The van der Waals surface area contributed by atoms with Crippen molar-refractivity contribution in [3.05, 3.63) is 29.8 Å². The number of ether oxygens (including phenoxy) is 1. The van der Waals surface area contributed by atoms with E-state index in [1.54, 1.807) is 0 Å². The van der Waals surface area contributed by atoms with Crippen molar-refractivity contribution in [2.45, 2.75) is 44.6 Å². The monoisotopic (exact) mass is 245 g/mol. The van der Waals surface area contributed by atoms with Gasteiger partial charge in [0.15, 0.2) is 0 Å². The number of rotatable bonds is 3. The number of benzene rings is 1. The minimum absolute atomic E-state index is 0.641. The maximum Gasteiger partial charge on any atom is 0.122 e. The molecule has 1 saturated carbocycles. The van der Waals surface area contributed by atoms with Crippen molar-refractivity contribution in [1.29, 1.82) is 0 Å². The van der Waals surface area contributed by atoms with Gasteiger partial charge in [-0.2, -0.15) is 0 Å². The summed E-state index contributed by atoms with van der Waals surface area (Å²) in [5.41, 5.74) is 1.37. The molecular weight excluding hydrogens is 222 g/mol. The van der Waals surface area contributed by atoms with Crippen molar-refractivity contribution < 1.29 is 4.74 Å². The highest BCUT2D eigenvalue weighted by Crippen LogP contribution is 2.26. The van der Waals surface area contributed by atoms with Crippen molar-refractivity contribution in [3.8, 4) is 5.75 Å². The first kappa shape index (κ1) is 12.0. The summed E-state index contributed by atoms with van der Waals surface area (Å²) in [7, 11) is 0. The van der Waals surface area contributed by atoms with Crippen molar-refractivity contribution in [3.63, 3.8) is 0 Å². The molecular formula is C16H23NO. The summed E-state index contributed by atoms with van der Waals surface area (Å²) in [6.45, 7) is 1.98. The van der Waals surface area contributed by atoms with Crippen LogP contribution in [0.5, 0.6) is 5.75 Å². The lowest BCUT2D eigenvalue weighted by molar-refractivity contribution is 0.210. The zero-order valence-electron chi connectivity index (χ0n) is 11.0. The van der Waals surface area contributed by atoms with Crippen LogP contribution in [0.2, 0.25) is 0 Å². The van der Waals surface area contributed by atoms with Gasteiger partial charge in [0.05, 0.1) is 6.61 Å². The van der Waals surface area contributed by atoms with Crippen LogP contribution in [0.3, 0.4) is 0 Å². The first-order chi connectivity index (χ1) is 8.92. The predicted octanol–water partition coefficient (Wildman–Crippen LogP) is 3.16. The molecule has 0 aromatic heterocycles. The van der Waals surface area contributed by atoms with Gasteiger partial charge in [0.2, 0.25) is 0 Å². The van der Waals surface area contributed by atoms with E-state index in [4.69, 9.17) is 4.74 Å². The Hall–Kier alpha value is -1.02. The van der Waals surface area contributed by atoms with Gasteiger partial charge in [-0.05, 0) is 30.9 Å². The average Bonchev–Trinajstić information content (AvgIpc) is 2.46. The number of fused-ring (bicyclic) bond motifs is 1. The van der Waals surface area contributed by atoms with Gasteiger partial charge in [0.1, 0.15) is 5.75 Å². The molecule has 18 heavy (non-hydrogen) atoms. The van der Waals surface area contributed by atoms with E-state index >= 15 is 0 Å². The maximum absolute atomic E-state index is 5.84. The molecule has 0 radical (unpaired) electrons. The first-order valence-electron chi connectivity index (χ1n) is 7.36. The molecule has 3 rings (SSSR count). The fourth-order valence-corrected chi connectivity index (χ4v) is 3.16. The summed E-state index contributed by atoms with van der Waals surface area (Å²) in [6.07, 6.45) is 8.13. The molecule has 1 aliphatic carbocycles. The maximum atomic E-state index is 5.84. The van der Waals surface area contributed by atoms with Crippen molar-refractivity contribution in [2.24, 2.45) is 5.92 Å². The van der Waals surface area contributed by atoms with Gasteiger partial charge in [-0.15, -0.1) is 0 Å². The summed E-state index contributed by atoms with van der Waals surface area (Å²) in [4.78, 5) is 0. The lowest BCUT2D eigenvalue weighted by atomic mass is 9.93. The van der Waals surface area contributed by atoms with Crippen LogP contribution < -0.4 is 10.1 Å². The number of hydrogen-bond acceptors (Lipinski definition) is 2. The molecule has 1 aromatic rings. The standard InChI is InChI=1S/C16H23NO/c1-2-7-15(8-3-1)17-11-13-10-14-6-4-5-9-16(14)18-12-13/h4-6,9,13,15,17H,1-3,7-8,10-12H2. The molecule has 0 saturated heterocycles. The van der Waals surface area contributed by atoms with Gasteiger partial charge in [-0.3, -0.25) is 0 Å². The van der Waals surface area contributed by atoms with Crippen molar-refractivity contribution in [1.82, 2.24) is 5.32 Å². The Kier molecular flexibility index (Phi) is 3.84. The quantitative estimate of drug-likeness (QED) is 0.883. The Morgan fingerprint density at radius 2 is 1.94 bits per heavy atom. The van der Waals surface area contributed by atoms with Crippen LogP contribution in [0.15, 0.2) is 24.3 Å². The van der Waals surface area contributed by atoms with Crippen LogP contribution in [0.25, 0.3) is 0 Å². The number of para-hydroxylation sites is 1. The molecule has 98 valence electrons. The van der Waals surface area contributed by atoms with Crippen molar-refractivity contribution in [2.75, 3.05) is 13.2 Å². The van der Waals surface area contributed by atoms with Crippen LogP contribution in [-0.4, -0.2) is 19.2 Å². The molecule has 0 amide bonds. The van der Waals surface area contributed by atoms with E-state index < -0.39 is 0 Å². The smallest absolute Gasteiger partial charge is 0.122 e. The first-order valence-corrected chi connectivity index (χ1v) is 7.36. The SMILES string of the molecule is c1ccc2c(c1)CC(CNC1CCCCC1)CO2. The highest BCUT2D eigenvalue weighted by molar-refractivity contribution is 5.35. The molecule has 1 unspecified atom stereocenters. The zero-order valence-corrected chi connectivity index (χ0v) is 11.0. The molecule has 1 atom stereocenters. The lowest BCUT2D eigenvalue weighted by Gasteiger charge is -2.29. The normalized spacial score (nSPS) is 24.3. The van der Waals surface area contributed by atoms with E-state index in [1.807, 2.05) is 0 Å². The van der Waals surface area contributed by atoms with Crippen LogP contribution >= 0.6 is 0 Å². The Morgan fingerprint density at radius 1 is 1.11 bits per heavy atom. The summed E-state index contributed by atoms with van der Waals surface area (Å²) in [5, 5.41) is 3.74. The Balaban J connectivity index is 1.50. The highest BCUT2D eigenvalue weighted by atomic mass is 16.5. The van der Waals surface area contributed by atoms with E-state index in [2.05, 4.69) is 29.6 Å². The highest BCUT2D eigenvalue weighted by Gasteiger charge is 2.21. The number of hydrogen-bond donors (Lipinski definition) is 1. The minimum Gasteiger partial charge on any atom is -0.493 e. The van der Waals surface area contributed by atoms with Gasteiger partial charge < -0.3 is 10.1 Å². The summed E-state index contributed by atoms with van der Waals surface area (Å²) in [6, 6.07) is 9.21. The molecule has 0 bridgehead atoms. The second-order valence-corrected chi connectivity index (χ2v) is 5.73. The minimum atomic E-state index is 0.641. The Bertz CT molecular complexity index is 384. The third kappa shape index (κ3) is 2.86.